The van der Waals surface area contributed by atoms with Crippen LogP contribution in [-0.4, -0.2) is 6.29 Å². The molecule has 0 heterocycles. The highest BCUT2D eigenvalue weighted by Crippen LogP contribution is 2.29. The van der Waals surface area contributed by atoms with Gasteiger partial charge in [-0.2, -0.15) is 0 Å². The predicted molar refractivity (Wildman–Crippen MR) is 84.3 cm³/mol. The molecule has 0 atom stereocenters. The number of carbonyl (C=O) groups excluding carboxylic acids is 1. The highest BCUT2D eigenvalue weighted by Gasteiger charge is 2.03. The van der Waals surface area contributed by atoms with Crippen molar-refractivity contribution in [1.82, 2.24) is 0 Å². The van der Waals surface area contributed by atoms with Crippen LogP contribution in [0.4, 0.5) is 0 Å². The summed E-state index contributed by atoms with van der Waals surface area (Å²) in [6.45, 7) is 0. The molecule has 0 N–H and O–H groups in total. The standard InChI is InChI=1S/C19H12O/c20-12-13-5-8-18-16(9-13)6-7-17-10-14-3-1-2-4-15(14)11-19(17)18/h1-12H. The lowest BCUT2D eigenvalue weighted by Crippen LogP contribution is -1.83. The van der Waals surface area contributed by atoms with E-state index < -0.39 is 0 Å². The maximum atomic E-state index is 10.9. The van der Waals surface area contributed by atoms with Gasteiger partial charge in [0, 0.05) is 5.56 Å². The minimum atomic E-state index is 0.720. The Hall–Kier alpha value is -2.67. The quantitative estimate of drug-likeness (QED) is 0.267. The fourth-order valence-corrected chi connectivity index (χ4v) is 2.85. The zero-order valence-corrected chi connectivity index (χ0v) is 10.8. The second-order valence-corrected chi connectivity index (χ2v) is 5.08. The maximum Gasteiger partial charge on any atom is 0.150 e. The average molecular weight is 256 g/mol. The van der Waals surface area contributed by atoms with Crippen LogP contribution in [0.25, 0.3) is 32.3 Å². The summed E-state index contributed by atoms with van der Waals surface area (Å²) in [7, 11) is 0. The van der Waals surface area contributed by atoms with E-state index in [9.17, 15) is 4.79 Å². The molecule has 0 saturated carbocycles. The first-order chi connectivity index (χ1) is 9.85. The lowest BCUT2D eigenvalue weighted by molar-refractivity contribution is 0.112. The van der Waals surface area contributed by atoms with E-state index in [0.29, 0.717) is 0 Å². The minimum absolute atomic E-state index is 0.720. The van der Waals surface area contributed by atoms with Crippen molar-refractivity contribution in [2.45, 2.75) is 0 Å². The SMILES string of the molecule is O=Cc1ccc2c(ccc3cc4ccccc4cc32)c1. The third kappa shape index (κ3) is 1.60. The third-order valence-corrected chi connectivity index (χ3v) is 3.86. The average Bonchev–Trinajstić information content (AvgIpc) is 2.52. The molecule has 0 saturated heterocycles. The Morgan fingerprint density at radius 2 is 1.30 bits per heavy atom. The number of fused-ring (bicyclic) bond motifs is 4. The van der Waals surface area contributed by atoms with Gasteiger partial charge in [-0.15, -0.1) is 0 Å². The van der Waals surface area contributed by atoms with Crippen LogP contribution < -0.4 is 0 Å². The number of aldehydes is 1. The summed E-state index contributed by atoms with van der Waals surface area (Å²) in [5.74, 6) is 0. The largest absolute Gasteiger partial charge is 0.298 e. The first-order valence-corrected chi connectivity index (χ1v) is 6.66. The van der Waals surface area contributed by atoms with Crippen LogP contribution in [-0.2, 0) is 0 Å². The second-order valence-electron chi connectivity index (χ2n) is 5.08. The number of hydrogen-bond donors (Lipinski definition) is 0. The molecule has 0 radical (unpaired) electrons. The summed E-state index contributed by atoms with van der Waals surface area (Å²) >= 11 is 0. The molecule has 1 nitrogen and oxygen atoms in total. The Bertz CT molecular complexity index is 967. The maximum absolute atomic E-state index is 10.9. The van der Waals surface area contributed by atoms with Gasteiger partial charge in [0.1, 0.15) is 6.29 Å². The molecule has 0 fully saturated rings. The Balaban J connectivity index is 2.17. The number of hydrogen-bond acceptors (Lipinski definition) is 1. The van der Waals surface area contributed by atoms with Crippen LogP contribution in [0, 0.1) is 0 Å². The van der Waals surface area contributed by atoms with Gasteiger partial charge in [-0.1, -0.05) is 48.5 Å². The van der Waals surface area contributed by atoms with Crippen LogP contribution in [0.3, 0.4) is 0 Å². The van der Waals surface area contributed by atoms with Crippen molar-refractivity contribution < 1.29 is 4.79 Å². The van der Waals surface area contributed by atoms with Crippen LogP contribution in [0.2, 0.25) is 0 Å². The van der Waals surface area contributed by atoms with Gasteiger partial charge in [-0.3, -0.25) is 4.79 Å². The van der Waals surface area contributed by atoms with E-state index >= 15 is 0 Å². The van der Waals surface area contributed by atoms with Crippen LogP contribution in [0.15, 0.2) is 66.7 Å². The van der Waals surface area contributed by atoms with Crippen LogP contribution in [0.5, 0.6) is 0 Å². The lowest BCUT2D eigenvalue weighted by Gasteiger charge is -2.07. The van der Waals surface area contributed by atoms with Crippen molar-refractivity contribution in [3.63, 3.8) is 0 Å². The van der Waals surface area contributed by atoms with Crippen molar-refractivity contribution in [2.24, 2.45) is 0 Å². The normalized spacial score (nSPS) is 11.2. The molecular formula is C19H12O. The first-order valence-electron chi connectivity index (χ1n) is 6.66. The third-order valence-electron chi connectivity index (χ3n) is 3.86. The second kappa shape index (κ2) is 4.17. The smallest absolute Gasteiger partial charge is 0.150 e. The molecule has 0 aliphatic rings. The van der Waals surface area contributed by atoms with E-state index in [1.54, 1.807) is 0 Å². The molecule has 0 amide bonds. The van der Waals surface area contributed by atoms with Crippen molar-refractivity contribution in [2.75, 3.05) is 0 Å². The fourth-order valence-electron chi connectivity index (χ4n) is 2.85. The lowest BCUT2D eigenvalue weighted by atomic mass is 9.97. The minimum Gasteiger partial charge on any atom is -0.298 e. The van der Waals surface area contributed by atoms with E-state index in [1.807, 2.05) is 18.2 Å². The van der Waals surface area contributed by atoms with E-state index in [2.05, 4.69) is 48.5 Å². The van der Waals surface area contributed by atoms with E-state index in [-0.39, 0.29) is 0 Å². The van der Waals surface area contributed by atoms with Crippen molar-refractivity contribution in [1.29, 1.82) is 0 Å². The van der Waals surface area contributed by atoms with Gasteiger partial charge in [0.15, 0.2) is 0 Å². The molecule has 4 aromatic rings. The highest BCUT2D eigenvalue weighted by molar-refractivity contribution is 6.12. The molecule has 4 aromatic carbocycles. The molecule has 0 bridgehead atoms. The number of rotatable bonds is 1. The van der Waals surface area contributed by atoms with Gasteiger partial charge in [0.2, 0.25) is 0 Å². The summed E-state index contributed by atoms with van der Waals surface area (Å²) < 4.78 is 0. The Morgan fingerprint density at radius 3 is 2.05 bits per heavy atom. The zero-order chi connectivity index (χ0) is 13.5. The Morgan fingerprint density at radius 1 is 0.600 bits per heavy atom. The van der Waals surface area contributed by atoms with E-state index in [0.717, 1.165) is 17.2 Å². The monoisotopic (exact) mass is 256 g/mol. The molecule has 0 aliphatic heterocycles. The van der Waals surface area contributed by atoms with E-state index in [1.165, 1.54) is 26.9 Å². The van der Waals surface area contributed by atoms with Crippen LogP contribution in [0.1, 0.15) is 10.4 Å². The van der Waals surface area contributed by atoms with Crippen molar-refractivity contribution in [3.8, 4) is 0 Å². The van der Waals surface area contributed by atoms with Gasteiger partial charge < -0.3 is 0 Å². The van der Waals surface area contributed by atoms with E-state index in [4.69, 9.17) is 0 Å². The summed E-state index contributed by atoms with van der Waals surface area (Å²) in [5, 5.41) is 7.26. The zero-order valence-electron chi connectivity index (χ0n) is 10.8. The number of carbonyl (C=O) groups is 1. The fraction of sp³-hybridized carbons (Fsp3) is 0. The molecule has 4 rings (SSSR count). The van der Waals surface area contributed by atoms with Gasteiger partial charge in [-0.25, -0.2) is 0 Å². The topological polar surface area (TPSA) is 17.1 Å². The van der Waals surface area contributed by atoms with Gasteiger partial charge >= 0.3 is 0 Å². The molecule has 0 aromatic heterocycles. The van der Waals surface area contributed by atoms with Gasteiger partial charge in [0.25, 0.3) is 0 Å². The molecule has 0 unspecified atom stereocenters. The molecule has 1 heteroatoms. The molecule has 20 heavy (non-hydrogen) atoms. The van der Waals surface area contributed by atoms with Crippen molar-refractivity contribution in [3.05, 3.63) is 72.3 Å². The molecular weight excluding hydrogens is 244 g/mol. The van der Waals surface area contributed by atoms with Gasteiger partial charge in [0.05, 0.1) is 0 Å². The molecule has 0 spiro atoms. The summed E-state index contributed by atoms with van der Waals surface area (Å²) in [6, 6.07) is 22.9. The molecule has 94 valence electrons. The summed E-state index contributed by atoms with van der Waals surface area (Å²) in [5.41, 5.74) is 0.720. The molecule has 0 aliphatic carbocycles. The number of benzene rings is 4. The predicted octanol–water partition coefficient (Wildman–Crippen LogP) is 4.96. The summed E-state index contributed by atoms with van der Waals surface area (Å²) in [6.07, 6.45) is 0.893. The Kier molecular flexibility index (Phi) is 2.33. The Labute approximate surface area is 116 Å². The van der Waals surface area contributed by atoms with Crippen LogP contribution >= 0.6 is 0 Å². The summed E-state index contributed by atoms with van der Waals surface area (Å²) in [4.78, 5) is 10.9. The highest BCUT2D eigenvalue weighted by atomic mass is 16.1. The first kappa shape index (κ1) is 11.2. The van der Waals surface area contributed by atoms with Crippen molar-refractivity contribution >= 4 is 38.6 Å². The van der Waals surface area contributed by atoms with Gasteiger partial charge in [-0.05, 0) is 50.5 Å².